The highest BCUT2D eigenvalue weighted by Crippen LogP contribution is 2.19. The van der Waals surface area contributed by atoms with Gasteiger partial charge in [-0.05, 0) is 6.42 Å². The van der Waals surface area contributed by atoms with Crippen LogP contribution in [-0.2, 0) is 6.42 Å². The van der Waals surface area contributed by atoms with Gasteiger partial charge in [0.25, 0.3) is 0 Å². The van der Waals surface area contributed by atoms with Crippen LogP contribution in [0.15, 0.2) is 16.9 Å². The molecule has 2 heterocycles. The summed E-state index contributed by atoms with van der Waals surface area (Å²) in [6.07, 6.45) is 4.07. The van der Waals surface area contributed by atoms with Crippen molar-refractivity contribution < 1.29 is 4.42 Å². The summed E-state index contributed by atoms with van der Waals surface area (Å²) in [7, 11) is 0. The summed E-state index contributed by atoms with van der Waals surface area (Å²) >= 11 is 1.51. The third-order valence-corrected chi connectivity index (χ3v) is 2.35. The molecular formula is C8H7N2OS. The van der Waals surface area contributed by atoms with Crippen molar-refractivity contribution in [2.45, 2.75) is 13.3 Å². The molecule has 0 aliphatic carbocycles. The number of aryl methyl sites for hydroxylation is 1. The van der Waals surface area contributed by atoms with Crippen molar-refractivity contribution in [2.24, 2.45) is 0 Å². The third-order valence-electron chi connectivity index (χ3n) is 1.44. The van der Waals surface area contributed by atoms with Gasteiger partial charge in [-0.2, -0.15) is 0 Å². The topological polar surface area (TPSA) is 38.9 Å². The van der Waals surface area contributed by atoms with E-state index in [9.17, 15) is 0 Å². The van der Waals surface area contributed by atoms with Crippen molar-refractivity contribution in [3.8, 4) is 11.6 Å². The van der Waals surface area contributed by atoms with Gasteiger partial charge >= 0.3 is 0 Å². The molecule has 3 nitrogen and oxygen atoms in total. The Kier molecular flexibility index (Phi) is 1.91. The zero-order valence-electron chi connectivity index (χ0n) is 6.57. The Bertz CT molecular complexity index is 353. The molecule has 2 aromatic heterocycles. The van der Waals surface area contributed by atoms with Gasteiger partial charge in [0.1, 0.15) is 12.0 Å². The lowest BCUT2D eigenvalue weighted by Gasteiger charge is -1.84. The number of oxazole rings is 1. The summed E-state index contributed by atoms with van der Waals surface area (Å²) in [5.74, 6) is 0.547. The smallest absolute Gasteiger partial charge is 0.246 e. The van der Waals surface area contributed by atoms with Crippen LogP contribution in [0.25, 0.3) is 11.6 Å². The first-order chi connectivity index (χ1) is 5.90. The predicted octanol–water partition coefficient (Wildman–Crippen LogP) is 2.16. The standard InChI is InChI=1S/C8H7N2OS/c1-2-7-10-6(5-12-7)8-9-3-4-11-8/h3-4H,2H2,1H3. The van der Waals surface area contributed by atoms with Crippen LogP contribution in [0.3, 0.4) is 0 Å². The van der Waals surface area contributed by atoms with Gasteiger partial charge in [0.2, 0.25) is 5.89 Å². The van der Waals surface area contributed by atoms with Crippen LogP contribution < -0.4 is 0 Å². The highest BCUT2D eigenvalue weighted by atomic mass is 32.1. The maximum Gasteiger partial charge on any atom is 0.246 e. The largest absolute Gasteiger partial charge is 0.443 e. The second-order valence-electron chi connectivity index (χ2n) is 2.25. The molecule has 2 aromatic rings. The Morgan fingerprint density at radius 1 is 1.67 bits per heavy atom. The molecule has 0 fully saturated rings. The molecular weight excluding hydrogens is 172 g/mol. The minimum absolute atomic E-state index is 0.547. The first-order valence-electron chi connectivity index (χ1n) is 3.67. The summed E-state index contributed by atoms with van der Waals surface area (Å²) in [5, 5.41) is 4.09. The maximum atomic E-state index is 5.08. The number of hydrogen-bond donors (Lipinski definition) is 0. The molecule has 0 saturated heterocycles. The highest BCUT2D eigenvalue weighted by Gasteiger charge is 2.06. The molecule has 0 bridgehead atoms. The van der Waals surface area contributed by atoms with Crippen molar-refractivity contribution >= 4 is 11.3 Å². The second-order valence-corrected chi connectivity index (χ2v) is 3.13. The summed E-state index contributed by atoms with van der Waals surface area (Å²) in [4.78, 5) is 8.26. The quantitative estimate of drug-likeness (QED) is 0.709. The van der Waals surface area contributed by atoms with E-state index in [0.717, 1.165) is 11.4 Å². The summed E-state index contributed by atoms with van der Waals surface area (Å²) in [5.41, 5.74) is 0.710. The van der Waals surface area contributed by atoms with Gasteiger partial charge in [0.05, 0.1) is 16.6 Å². The molecule has 0 unspecified atom stereocenters. The minimum atomic E-state index is 0.547. The molecule has 0 amide bonds. The van der Waals surface area contributed by atoms with E-state index in [4.69, 9.17) is 4.42 Å². The van der Waals surface area contributed by atoms with Gasteiger partial charge < -0.3 is 4.42 Å². The summed E-state index contributed by atoms with van der Waals surface area (Å²) in [6.45, 7) is 2.06. The number of nitrogens with zero attached hydrogens (tertiary/aromatic N) is 2. The lowest BCUT2D eigenvalue weighted by Crippen LogP contribution is -1.79. The van der Waals surface area contributed by atoms with Crippen molar-refractivity contribution in [1.29, 1.82) is 0 Å². The van der Waals surface area contributed by atoms with Gasteiger partial charge in [0, 0.05) is 0 Å². The summed E-state index contributed by atoms with van der Waals surface area (Å²) < 4.78 is 5.08. The van der Waals surface area contributed by atoms with Gasteiger partial charge in [-0.15, -0.1) is 11.3 Å². The van der Waals surface area contributed by atoms with Crippen molar-refractivity contribution in [2.75, 3.05) is 0 Å². The van der Waals surface area contributed by atoms with Crippen molar-refractivity contribution in [3.63, 3.8) is 0 Å². The van der Waals surface area contributed by atoms with E-state index < -0.39 is 0 Å². The Labute approximate surface area is 74.1 Å². The van der Waals surface area contributed by atoms with Crippen molar-refractivity contribution in [3.05, 3.63) is 22.8 Å². The molecule has 0 aliphatic rings. The Morgan fingerprint density at radius 2 is 2.58 bits per heavy atom. The van der Waals surface area contributed by atoms with Crippen LogP contribution in [-0.4, -0.2) is 9.97 Å². The van der Waals surface area contributed by atoms with E-state index in [1.54, 1.807) is 6.20 Å². The van der Waals surface area contributed by atoms with Gasteiger partial charge in [0.15, 0.2) is 0 Å². The molecule has 0 atom stereocenters. The number of hydrogen-bond acceptors (Lipinski definition) is 4. The van der Waals surface area contributed by atoms with Crippen LogP contribution in [0, 0.1) is 5.38 Å². The molecule has 0 aromatic carbocycles. The first kappa shape index (κ1) is 7.49. The predicted molar refractivity (Wildman–Crippen MR) is 45.8 cm³/mol. The lowest BCUT2D eigenvalue weighted by atomic mass is 10.5. The fraction of sp³-hybridized carbons (Fsp3) is 0.250. The molecule has 0 N–H and O–H groups in total. The fourth-order valence-electron chi connectivity index (χ4n) is 0.861. The summed E-state index contributed by atoms with van der Waals surface area (Å²) in [6, 6.07) is 0. The Hall–Kier alpha value is -1.16. The zero-order valence-corrected chi connectivity index (χ0v) is 7.39. The maximum absolute atomic E-state index is 5.08. The molecule has 0 aliphatic heterocycles. The van der Waals surface area contributed by atoms with Crippen LogP contribution in [0.2, 0.25) is 0 Å². The van der Waals surface area contributed by atoms with E-state index in [0.29, 0.717) is 11.6 Å². The normalized spacial score (nSPS) is 10.4. The van der Waals surface area contributed by atoms with E-state index in [2.05, 4.69) is 22.3 Å². The van der Waals surface area contributed by atoms with Crippen molar-refractivity contribution in [1.82, 2.24) is 9.97 Å². The second kappa shape index (κ2) is 3.06. The number of thiazole rings is 1. The first-order valence-corrected chi connectivity index (χ1v) is 4.49. The van der Waals surface area contributed by atoms with Crippen LogP contribution in [0.5, 0.6) is 0 Å². The lowest BCUT2D eigenvalue weighted by molar-refractivity contribution is 0.572. The van der Waals surface area contributed by atoms with Crippen LogP contribution in [0.1, 0.15) is 11.9 Å². The van der Waals surface area contributed by atoms with Gasteiger partial charge in [-0.3, -0.25) is 0 Å². The molecule has 0 spiro atoms. The average molecular weight is 179 g/mol. The molecule has 12 heavy (non-hydrogen) atoms. The van der Waals surface area contributed by atoms with Crippen LogP contribution >= 0.6 is 11.3 Å². The molecule has 61 valence electrons. The SMILES string of the molecule is CCc1nc(-c2ncco2)[c]s1. The number of rotatable bonds is 2. The Morgan fingerprint density at radius 3 is 3.17 bits per heavy atom. The van der Waals surface area contributed by atoms with Gasteiger partial charge in [-0.25, -0.2) is 9.97 Å². The molecule has 0 saturated carbocycles. The highest BCUT2D eigenvalue weighted by molar-refractivity contribution is 7.09. The third kappa shape index (κ3) is 1.25. The molecule has 4 heteroatoms. The van der Waals surface area contributed by atoms with E-state index >= 15 is 0 Å². The molecule has 1 radical (unpaired) electrons. The van der Waals surface area contributed by atoms with Gasteiger partial charge in [-0.1, -0.05) is 6.92 Å². The van der Waals surface area contributed by atoms with Crippen LogP contribution in [0.4, 0.5) is 0 Å². The average Bonchev–Trinajstić information content (AvgIpc) is 2.75. The fourth-order valence-corrected chi connectivity index (χ4v) is 1.49. The Balaban J connectivity index is 2.35. The minimum Gasteiger partial charge on any atom is -0.443 e. The monoisotopic (exact) mass is 179 g/mol. The van der Waals surface area contributed by atoms with E-state index in [1.807, 2.05) is 0 Å². The molecule has 2 rings (SSSR count). The zero-order chi connectivity index (χ0) is 8.39. The van der Waals surface area contributed by atoms with E-state index in [1.165, 1.54) is 17.6 Å². The van der Waals surface area contributed by atoms with E-state index in [-0.39, 0.29) is 0 Å². The number of aromatic nitrogens is 2.